The van der Waals surface area contributed by atoms with Gasteiger partial charge in [0.2, 0.25) is 11.9 Å². The number of carbonyl (C=O) groups is 1. The summed E-state index contributed by atoms with van der Waals surface area (Å²) >= 11 is 0. The van der Waals surface area contributed by atoms with E-state index in [-0.39, 0.29) is 48.4 Å². The van der Waals surface area contributed by atoms with Crippen molar-refractivity contribution in [2.24, 2.45) is 0 Å². The minimum absolute atomic E-state index is 0.0835. The molecule has 47 heavy (non-hydrogen) atoms. The first-order chi connectivity index (χ1) is 22.3. The fourth-order valence-electron chi connectivity index (χ4n) is 6.92. The molecule has 2 aromatic rings. The molecule has 0 aromatic heterocycles. The van der Waals surface area contributed by atoms with Gasteiger partial charge in [0, 0.05) is 60.8 Å². The van der Waals surface area contributed by atoms with Gasteiger partial charge in [0.15, 0.2) is 12.1 Å². The number of alkyl halides is 6. The molecule has 2 unspecified atom stereocenters. The molecule has 2 atom stereocenters. The first kappa shape index (κ1) is 33.0. The van der Waals surface area contributed by atoms with E-state index in [2.05, 4.69) is 15.5 Å². The molecular formula is C33H36F6N5O3+. The van der Waals surface area contributed by atoms with Crippen LogP contribution in [0.4, 0.5) is 26.3 Å². The Labute approximate surface area is 268 Å². The van der Waals surface area contributed by atoms with Crippen molar-refractivity contribution in [1.29, 1.82) is 0 Å². The van der Waals surface area contributed by atoms with Crippen LogP contribution in [0.2, 0.25) is 0 Å². The monoisotopic (exact) mass is 664 g/mol. The van der Waals surface area contributed by atoms with Gasteiger partial charge in [-0.25, -0.2) is 0 Å². The molecule has 2 fully saturated rings. The summed E-state index contributed by atoms with van der Waals surface area (Å²) in [4.78, 5) is 31.0. The third-order valence-electron chi connectivity index (χ3n) is 9.35. The number of carbonyl (C=O) groups excluding carboxylic acids is 1. The molecule has 4 aliphatic heterocycles. The lowest BCUT2D eigenvalue weighted by atomic mass is 9.93. The van der Waals surface area contributed by atoms with Gasteiger partial charge >= 0.3 is 12.4 Å². The van der Waals surface area contributed by atoms with E-state index in [0.717, 1.165) is 31.4 Å². The summed E-state index contributed by atoms with van der Waals surface area (Å²) < 4.78 is 89.7. The van der Waals surface area contributed by atoms with Gasteiger partial charge in [0.25, 0.3) is 5.70 Å². The molecule has 2 N–H and O–H groups in total. The molecule has 6 rings (SSSR count). The Morgan fingerprint density at radius 3 is 2.28 bits per heavy atom. The van der Waals surface area contributed by atoms with Crippen LogP contribution in [-0.4, -0.2) is 71.6 Å². The van der Waals surface area contributed by atoms with Gasteiger partial charge in [-0.15, -0.1) is 0 Å². The van der Waals surface area contributed by atoms with Crippen LogP contribution in [0.25, 0.3) is 5.70 Å². The highest BCUT2D eigenvalue weighted by molar-refractivity contribution is 5.78. The van der Waals surface area contributed by atoms with Crippen LogP contribution in [0, 0.1) is 11.8 Å². The smallest absolute Gasteiger partial charge is 0.416 e. The number of halogens is 6. The topological polar surface area (TPSA) is 76.9 Å². The Bertz CT molecular complexity index is 1560. The molecule has 0 aliphatic carbocycles. The van der Waals surface area contributed by atoms with Crippen molar-refractivity contribution in [3.63, 3.8) is 0 Å². The van der Waals surface area contributed by atoms with E-state index in [4.69, 9.17) is 4.74 Å². The number of piperidine rings is 1. The summed E-state index contributed by atoms with van der Waals surface area (Å²) in [5.74, 6) is 0.428. The van der Waals surface area contributed by atoms with Crippen LogP contribution in [0.15, 0.2) is 60.0 Å². The number of hydrogen-bond donors (Lipinski definition) is 2. The maximum Gasteiger partial charge on any atom is 0.416 e. The van der Waals surface area contributed by atoms with Crippen LogP contribution in [-0.2, 0) is 28.3 Å². The van der Waals surface area contributed by atoms with Gasteiger partial charge in [0.05, 0.1) is 28.9 Å². The first-order valence-electron chi connectivity index (χ1n) is 15.7. The van der Waals surface area contributed by atoms with Crippen molar-refractivity contribution in [2.75, 3.05) is 32.8 Å². The molecule has 252 valence electrons. The summed E-state index contributed by atoms with van der Waals surface area (Å²) in [6, 6.07) is 7.49. The fraction of sp³-hybridized carbons (Fsp3) is 0.485. The minimum Gasteiger partial charge on any atom is -0.456 e. The van der Waals surface area contributed by atoms with E-state index in [1.807, 2.05) is 24.0 Å². The summed E-state index contributed by atoms with van der Waals surface area (Å²) in [5.41, 5.74) is -1.24. The normalized spacial score (nSPS) is 23.6. The van der Waals surface area contributed by atoms with E-state index in [1.165, 1.54) is 0 Å². The molecule has 4 heterocycles. The molecule has 4 aliphatic rings. The Balaban J connectivity index is 1.39. The first-order valence-corrected chi connectivity index (χ1v) is 15.7. The number of nitrogens with one attached hydrogen (secondary N) is 2. The SMILES string of the molecule is Cc1ccccc1C1=CC(N2CCC(N3CCCC3=O)CC2)OC2=C(CNCN2)C(Cc2cc(C(F)(F)F)cc(C(F)(F)F)c2)[N+]1=O. The van der Waals surface area contributed by atoms with Crippen LogP contribution in [0.1, 0.15) is 53.5 Å². The molecule has 2 aromatic carbocycles. The van der Waals surface area contributed by atoms with Crippen LogP contribution >= 0.6 is 0 Å². The van der Waals surface area contributed by atoms with Crippen LogP contribution in [0.5, 0.6) is 0 Å². The van der Waals surface area contributed by atoms with Crippen molar-refractivity contribution in [3.8, 4) is 0 Å². The number of nitrogens with zero attached hydrogens (tertiary/aromatic N) is 3. The summed E-state index contributed by atoms with van der Waals surface area (Å²) in [5, 5.41) is 6.20. The number of nitroso groups, excluding NO2 is 1. The molecule has 1 amide bonds. The number of benzene rings is 2. The minimum atomic E-state index is -5.02. The Morgan fingerprint density at radius 2 is 1.66 bits per heavy atom. The second-order valence-electron chi connectivity index (χ2n) is 12.4. The predicted molar refractivity (Wildman–Crippen MR) is 160 cm³/mol. The van der Waals surface area contributed by atoms with Crippen molar-refractivity contribution < 1.29 is 40.6 Å². The average Bonchev–Trinajstić information content (AvgIpc) is 3.46. The standard InChI is InChI=1S/C33H36F6N5O3/c1-20-5-2-3-6-25(20)28-17-30(42-11-8-24(9-12-42)43-10-4-7-29(43)45)47-31-26(18-40-19-41-31)27(44(28)46)15-21-13-22(32(34,35)36)16-23(14-21)33(37,38)39/h2-3,5-6,13-14,16-17,24,27,30,40-41H,4,7-12,15,18-19H2,1H3/q+1. The molecule has 0 radical (unpaired) electrons. The molecule has 0 spiro atoms. The maximum absolute atomic E-state index is 14.6. The highest BCUT2D eigenvalue weighted by atomic mass is 19.4. The van der Waals surface area contributed by atoms with Crippen LogP contribution in [0.3, 0.4) is 0 Å². The maximum atomic E-state index is 14.6. The molecular weight excluding hydrogens is 628 g/mol. The highest BCUT2D eigenvalue weighted by Crippen LogP contribution is 2.38. The molecule has 0 bridgehead atoms. The highest BCUT2D eigenvalue weighted by Gasteiger charge is 2.44. The molecule has 0 saturated carbocycles. The fourth-order valence-corrected chi connectivity index (χ4v) is 6.92. The quantitative estimate of drug-likeness (QED) is 0.322. The lowest BCUT2D eigenvalue weighted by Crippen LogP contribution is -2.51. The van der Waals surface area contributed by atoms with Gasteiger partial charge in [-0.2, -0.15) is 26.3 Å². The average molecular weight is 665 g/mol. The van der Waals surface area contributed by atoms with E-state index >= 15 is 0 Å². The molecule has 14 heteroatoms. The summed E-state index contributed by atoms with van der Waals surface area (Å²) in [6.07, 6.45) is -6.66. The van der Waals surface area contributed by atoms with Crippen LogP contribution < -0.4 is 10.6 Å². The van der Waals surface area contributed by atoms with Crippen molar-refractivity contribution in [2.45, 2.75) is 69.7 Å². The molecule has 2 saturated heterocycles. The number of rotatable bonds is 5. The van der Waals surface area contributed by atoms with Gasteiger partial charge in [0.1, 0.15) is 0 Å². The zero-order valence-corrected chi connectivity index (χ0v) is 25.8. The zero-order valence-electron chi connectivity index (χ0n) is 25.8. The third-order valence-corrected chi connectivity index (χ3v) is 9.35. The van der Waals surface area contributed by atoms with Crippen molar-refractivity contribution >= 4 is 11.6 Å². The van der Waals surface area contributed by atoms with Gasteiger partial charge in [-0.05, 0) is 61.6 Å². The Hall–Kier alpha value is -3.91. The number of ether oxygens (including phenoxy) is 1. The number of amides is 1. The molecule has 8 nitrogen and oxygen atoms in total. The second-order valence-corrected chi connectivity index (χ2v) is 12.4. The summed E-state index contributed by atoms with van der Waals surface area (Å²) in [7, 11) is 0. The largest absolute Gasteiger partial charge is 0.456 e. The third kappa shape index (κ3) is 7.03. The van der Waals surface area contributed by atoms with E-state index in [1.54, 1.807) is 18.2 Å². The number of likely N-dealkylation sites (tertiary alicyclic amines) is 2. The lowest BCUT2D eigenvalue weighted by molar-refractivity contribution is -0.489. The number of aryl methyl sites for hydroxylation is 1. The Morgan fingerprint density at radius 1 is 0.979 bits per heavy atom. The van der Waals surface area contributed by atoms with E-state index in [0.29, 0.717) is 47.5 Å². The van der Waals surface area contributed by atoms with Crippen molar-refractivity contribution in [1.82, 2.24) is 20.4 Å². The van der Waals surface area contributed by atoms with Gasteiger partial charge in [-0.3, -0.25) is 15.0 Å². The number of hydrogen-bond acceptors (Lipinski definition) is 6. The Kier molecular flexibility index (Phi) is 9.09. The van der Waals surface area contributed by atoms with Gasteiger partial charge in [-0.1, -0.05) is 18.2 Å². The summed E-state index contributed by atoms with van der Waals surface area (Å²) in [6.45, 7) is 4.16. The predicted octanol–water partition coefficient (Wildman–Crippen LogP) is 5.57. The lowest BCUT2D eigenvalue weighted by Gasteiger charge is -2.40. The van der Waals surface area contributed by atoms with Crippen molar-refractivity contribution in [3.05, 3.63) is 92.7 Å². The van der Waals surface area contributed by atoms with E-state index in [9.17, 15) is 36.0 Å². The van der Waals surface area contributed by atoms with Gasteiger partial charge < -0.3 is 15.0 Å². The van der Waals surface area contributed by atoms with E-state index < -0.39 is 42.2 Å². The zero-order chi connectivity index (χ0) is 33.5. The second kappa shape index (κ2) is 12.9.